The van der Waals surface area contributed by atoms with Crippen molar-refractivity contribution in [3.63, 3.8) is 0 Å². The van der Waals surface area contributed by atoms with Crippen LogP contribution in [-0.4, -0.2) is 29.9 Å². The Morgan fingerprint density at radius 3 is 2.15 bits per heavy atom. The van der Waals surface area contributed by atoms with Gasteiger partial charge >= 0.3 is 7.42 Å². The van der Waals surface area contributed by atoms with Crippen LogP contribution in [0.2, 0.25) is 0 Å². The second-order valence-electron chi connectivity index (χ2n) is 3.68. The van der Waals surface area contributed by atoms with Crippen LogP contribution in [0.15, 0.2) is 0 Å². The predicted octanol–water partition coefficient (Wildman–Crippen LogP) is 2.65. The van der Waals surface area contributed by atoms with Crippen LogP contribution >= 0.6 is 22.2 Å². The molecule has 13 heavy (non-hydrogen) atoms. The SMILES string of the molecule is CC1CCCC(C)N1C(=O)[SiH](Cl)Cl. The molecule has 0 saturated carbocycles. The largest absolute Gasteiger partial charge is 0.340 e. The van der Waals surface area contributed by atoms with Gasteiger partial charge in [-0.15, -0.1) is 22.2 Å². The first-order valence-corrected chi connectivity index (χ1v) is 8.71. The van der Waals surface area contributed by atoms with Crippen molar-refractivity contribution in [2.24, 2.45) is 0 Å². The van der Waals surface area contributed by atoms with Gasteiger partial charge in [0.15, 0.2) is 0 Å². The molecule has 2 nitrogen and oxygen atoms in total. The second kappa shape index (κ2) is 4.67. The summed E-state index contributed by atoms with van der Waals surface area (Å²) in [6, 6.07) is 0.618. The van der Waals surface area contributed by atoms with E-state index in [1.54, 1.807) is 0 Å². The van der Waals surface area contributed by atoms with E-state index in [0.717, 1.165) is 12.8 Å². The summed E-state index contributed by atoms with van der Waals surface area (Å²) >= 11 is 11.4. The maximum Gasteiger partial charge on any atom is 0.332 e. The molecule has 0 aromatic heterocycles. The van der Waals surface area contributed by atoms with Crippen molar-refractivity contribution in [3.8, 4) is 0 Å². The van der Waals surface area contributed by atoms with Gasteiger partial charge in [-0.1, -0.05) is 0 Å². The van der Waals surface area contributed by atoms with Crippen LogP contribution in [0.25, 0.3) is 0 Å². The van der Waals surface area contributed by atoms with E-state index in [2.05, 4.69) is 13.8 Å². The number of amides is 1. The third kappa shape index (κ3) is 2.61. The van der Waals surface area contributed by atoms with Gasteiger partial charge in [-0.05, 0) is 33.1 Å². The third-order valence-corrected chi connectivity index (χ3v) is 4.43. The molecule has 0 spiro atoms. The molecule has 0 radical (unpaired) electrons. The number of halogens is 2. The first kappa shape index (κ1) is 11.3. The van der Waals surface area contributed by atoms with Gasteiger partial charge < -0.3 is 4.90 Å². The molecular weight excluding hydrogens is 225 g/mol. The minimum absolute atomic E-state index is 0.0111. The lowest BCUT2D eigenvalue weighted by atomic mass is 9.99. The lowest BCUT2D eigenvalue weighted by molar-refractivity contribution is 0.141. The number of hydrogen-bond donors (Lipinski definition) is 0. The highest BCUT2D eigenvalue weighted by Crippen LogP contribution is 2.24. The summed E-state index contributed by atoms with van der Waals surface area (Å²) in [6.45, 7) is 4.14. The van der Waals surface area contributed by atoms with E-state index in [9.17, 15) is 4.79 Å². The minimum Gasteiger partial charge on any atom is -0.340 e. The summed E-state index contributed by atoms with van der Waals surface area (Å²) in [5.41, 5.74) is -0.0111. The molecule has 0 aliphatic carbocycles. The van der Waals surface area contributed by atoms with Gasteiger partial charge in [0.1, 0.15) is 0 Å². The molecular formula is C8H15Cl2NOSi. The van der Waals surface area contributed by atoms with Crippen LogP contribution in [-0.2, 0) is 0 Å². The van der Waals surface area contributed by atoms with Crippen LogP contribution in [0, 0.1) is 0 Å². The summed E-state index contributed by atoms with van der Waals surface area (Å²) in [7, 11) is -2.18. The van der Waals surface area contributed by atoms with Crippen molar-refractivity contribution in [2.45, 2.75) is 45.2 Å². The summed E-state index contributed by atoms with van der Waals surface area (Å²) < 4.78 is 0. The van der Waals surface area contributed by atoms with Gasteiger partial charge in [-0.3, -0.25) is 4.79 Å². The van der Waals surface area contributed by atoms with Crippen molar-refractivity contribution in [2.75, 3.05) is 0 Å². The molecule has 1 aliphatic rings. The summed E-state index contributed by atoms with van der Waals surface area (Å²) in [4.78, 5) is 13.5. The molecule has 1 amide bonds. The van der Waals surface area contributed by atoms with E-state index in [1.807, 2.05) is 4.90 Å². The summed E-state index contributed by atoms with van der Waals surface area (Å²) in [5, 5.41) is 0. The zero-order chi connectivity index (χ0) is 10.0. The van der Waals surface area contributed by atoms with Gasteiger partial charge in [0.2, 0.25) is 5.53 Å². The Hall–Kier alpha value is 0.267. The molecule has 5 heteroatoms. The fraction of sp³-hybridized carbons (Fsp3) is 0.875. The fourth-order valence-corrected chi connectivity index (χ4v) is 3.38. The Bertz CT molecular complexity index is 191. The highest BCUT2D eigenvalue weighted by molar-refractivity contribution is 7.46. The Labute approximate surface area is 90.2 Å². The number of likely N-dealkylation sites (tertiary alicyclic amines) is 1. The van der Waals surface area contributed by atoms with Gasteiger partial charge in [0.05, 0.1) is 0 Å². The standard InChI is InChI=1S/C8H15Cl2NOSi/c1-6-4-3-5-7(2)11(6)8(12)13(9)10/h6-7,13H,3-5H2,1-2H3. The zero-order valence-electron chi connectivity index (χ0n) is 7.96. The average molecular weight is 240 g/mol. The smallest absolute Gasteiger partial charge is 0.332 e. The normalized spacial score (nSPS) is 29.5. The molecule has 1 heterocycles. The molecule has 2 unspecified atom stereocenters. The average Bonchev–Trinajstić information content (AvgIpc) is 2.03. The van der Waals surface area contributed by atoms with E-state index in [4.69, 9.17) is 22.2 Å². The maximum atomic E-state index is 11.6. The molecule has 76 valence electrons. The predicted molar refractivity (Wildman–Crippen MR) is 58.9 cm³/mol. The quantitative estimate of drug-likeness (QED) is 0.509. The Morgan fingerprint density at radius 2 is 1.77 bits per heavy atom. The van der Waals surface area contributed by atoms with Crippen molar-refractivity contribution in [3.05, 3.63) is 0 Å². The Balaban J connectivity index is 2.68. The molecule has 1 aliphatic heterocycles. The second-order valence-corrected chi connectivity index (χ2v) is 8.06. The first-order chi connectivity index (χ1) is 6.04. The van der Waals surface area contributed by atoms with Crippen LogP contribution in [0.5, 0.6) is 0 Å². The molecule has 2 atom stereocenters. The Morgan fingerprint density at radius 1 is 1.31 bits per heavy atom. The molecule has 0 aromatic carbocycles. The molecule has 0 N–H and O–H groups in total. The van der Waals surface area contributed by atoms with E-state index >= 15 is 0 Å². The van der Waals surface area contributed by atoms with Gasteiger partial charge in [-0.25, -0.2) is 0 Å². The number of nitrogens with zero attached hydrogens (tertiary/aromatic N) is 1. The molecule has 0 bridgehead atoms. The molecule has 1 saturated heterocycles. The van der Waals surface area contributed by atoms with E-state index in [-0.39, 0.29) is 5.53 Å². The lowest BCUT2D eigenvalue weighted by Gasteiger charge is -2.39. The molecule has 1 fully saturated rings. The Kier molecular flexibility index (Phi) is 4.07. The van der Waals surface area contributed by atoms with Gasteiger partial charge in [-0.2, -0.15) is 0 Å². The fourth-order valence-electron chi connectivity index (χ4n) is 1.97. The van der Waals surface area contributed by atoms with E-state index in [1.165, 1.54) is 6.42 Å². The van der Waals surface area contributed by atoms with Crippen molar-refractivity contribution >= 4 is 35.1 Å². The van der Waals surface area contributed by atoms with Crippen molar-refractivity contribution in [1.82, 2.24) is 4.90 Å². The van der Waals surface area contributed by atoms with E-state index < -0.39 is 7.42 Å². The van der Waals surface area contributed by atoms with Crippen molar-refractivity contribution < 1.29 is 4.79 Å². The zero-order valence-corrected chi connectivity index (χ0v) is 10.6. The highest BCUT2D eigenvalue weighted by Gasteiger charge is 2.32. The van der Waals surface area contributed by atoms with Crippen LogP contribution < -0.4 is 0 Å². The number of carbonyl (C=O) groups excluding carboxylic acids is 1. The van der Waals surface area contributed by atoms with Crippen LogP contribution in [0.3, 0.4) is 0 Å². The maximum absolute atomic E-state index is 11.6. The number of hydrogen-bond acceptors (Lipinski definition) is 1. The third-order valence-electron chi connectivity index (χ3n) is 2.63. The van der Waals surface area contributed by atoms with Crippen LogP contribution in [0.1, 0.15) is 33.1 Å². The lowest BCUT2D eigenvalue weighted by Crippen LogP contribution is -2.49. The van der Waals surface area contributed by atoms with Crippen LogP contribution in [0.4, 0.5) is 4.79 Å². The van der Waals surface area contributed by atoms with Gasteiger partial charge in [0, 0.05) is 12.1 Å². The monoisotopic (exact) mass is 239 g/mol. The van der Waals surface area contributed by atoms with Gasteiger partial charge in [0.25, 0.3) is 0 Å². The minimum atomic E-state index is -2.18. The summed E-state index contributed by atoms with van der Waals surface area (Å²) in [6.07, 6.45) is 3.35. The highest BCUT2D eigenvalue weighted by atomic mass is 35.7. The van der Waals surface area contributed by atoms with Crippen molar-refractivity contribution in [1.29, 1.82) is 0 Å². The molecule has 0 aromatic rings. The summed E-state index contributed by atoms with van der Waals surface area (Å²) in [5.74, 6) is 0. The first-order valence-electron chi connectivity index (χ1n) is 4.64. The topological polar surface area (TPSA) is 20.3 Å². The number of carbonyl (C=O) groups is 1. The van der Waals surface area contributed by atoms with E-state index in [0.29, 0.717) is 12.1 Å². The number of piperidine rings is 1. The molecule has 1 rings (SSSR count). The number of rotatable bonds is 1.